The Morgan fingerprint density at radius 2 is 2.13 bits per heavy atom. The molecule has 23 heavy (non-hydrogen) atoms. The van der Waals surface area contributed by atoms with Crippen molar-refractivity contribution in [2.75, 3.05) is 12.4 Å². The standard InChI is InChI=1S/C15H20ClN5OS/c1-15(2,3)13-21-20-12(23-13)8-18-14(17)19-9-5-6-11(22-4)10(16)7-9/h5-7H,8H2,1-4H3,(H3,17,18,19). The number of benzene rings is 1. The van der Waals surface area contributed by atoms with Crippen LogP contribution in [0.15, 0.2) is 23.2 Å². The molecule has 0 saturated carbocycles. The molecule has 2 rings (SSSR count). The number of hydrogen-bond acceptors (Lipinski definition) is 5. The topological polar surface area (TPSA) is 85.4 Å². The van der Waals surface area contributed by atoms with E-state index in [4.69, 9.17) is 22.1 Å². The summed E-state index contributed by atoms with van der Waals surface area (Å²) in [5, 5.41) is 13.6. The minimum Gasteiger partial charge on any atom is -0.495 e. The number of guanidine groups is 1. The van der Waals surface area contributed by atoms with Crippen molar-refractivity contribution in [3.8, 4) is 5.75 Å². The fourth-order valence-corrected chi connectivity index (χ4v) is 2.78. The summed E-state index contributed by atoms with van der Waals surface area (Å²) in [4.78, 5) is 4.27. The van der Waals surface area contributed by atoms with Gasteiger partial charge in [-0.15, -0.1) is 10.2 Å². The Balaban J connectivity index is 2.00. The van der Waals surface area contributed by atoms with Gasteiger partial charge in [0.2, 0.25) is 0 Å². The molecule has 3 N–H and O–H groups in total. The molecular formula is C15H20ClN5OS. The number of aliphatic imine (C=N–C) groups is 1. The molecule has 0 fully saturated rings. The van der Waals surface area contributed by atoms with Crippen LogP contribution in [0.3, 0.4) is 0 Å². The van der Waals surface area contributed by atoms with Gasteiger partial charge in [-0.05, 0) is 18.2 Å². The maximum Gasteiger partial charge on any atom is 0.193 e. The molecule has 0 unspecified atom stereocenters. The van der Waals surface area contributed by atoms with Crippen LogP contribution in [-0.2, 0) is 12.0 Å². The van der Waals surface area contributed by atoms with E-state index in [1.54, 1.807) is 30.6 Å². The van der Waals surface area contributed by atoms with E-state index in [-0.39, 0.29) is 5.41 Å². The zero-order valence-corrected chi connectivity index (χ0v) is 15.1. The molecule has 0 aliphatic carbocycles. The molecule has 124 valence electrons. The van der Waals surface area contributed by atoms with Crippen molar-refractivity contribution in [2.24, 2.45) is 10.7 Å². The van der Waals surface area contributed by atoms with E-state index in [2.05, 4.69) is 41.3 Å². The number of aromatic nitrogens is 2. The molecule has 0 saturated heterocycles. The van der Waals surface area contributed by atoms with Crippen molar-refractivity contribution in [1.29, 1.82) is 0 Å². The van der Waals surface area contributed by atoms with Gasteiger partial charge >= 0.3 is 0 Å². The lowest BCUT2D eigenvalue weighted by molar-refractivity contribution is 0.415. The molecule has 0 spiro atoms. The van der Waals surface area contributed by atoms with E-state index in [1.807, 2.05) is 6.07 Å². The van der Waals surface area contributed by atoms with E-state index in [9.17, 15) is 0 Å². The monoisotopic (exact) mass is 353 g/mol. The minimum absolute atomic E-state index is 0.0106. The van der Waals surface area contributed by atoms with Gasteiger partial charge in [-0.2, -0.15) is 0 Å². The molecule has 8 heteroatoms. The lowest BCUT2D eigenvalue weighted by Crippen LogP contribution is -2.22. The summed E-state index contributed by atoms with van der Waals surface area (Å²) < 4.78 is 5.10. The van der Waals surface area contributed by atoms with Crippen LogP contribution in [0, 0.1) is 0 Å². The molecular weight excluding hydrogens is 334 g/mol. The molecule has 0 radical (unpaired) electrons. The molecule has 0 atom stereocenters. The van der Waals surface area contributed by atoms with E-state index in [0.29, 0.717) is 23.3 Å². The van der Waals surface area contributed by atoms with Gasteiger partial charge in [0.15, 0.2) is 5.96 Å². The second-order valence-corrected chi connectivity index (χ2v) is 7.40. The smallest absolute Gasteiger partial charge is 0.193 e. The van der Waals surface area contributed by atoms with Crippen LogP contribution in [0.25, 0.3) is 0 Å². The van der Waals surface area contributed by atoms with Crippen molar-refractivity contribution >= 4 is 34.6 Å². The molecule has 6 nitrogen and oxygen atoms in total. The summed E-state index contributed by atoms with van der Waals surface area (Å²) >= 11 is 7.61. The molecule has 0 bridgehead atoms. The van der Waals surface area contributed by atoms with Gasteiger partial charge < -0.3 is 15.8 Å². The first kappa shape index (κ1) is 17.5. The molecule has 1 aromatic heterocycles. The van der Waals surface area contributed by atoms with Crippen LogP contribution in [0.1, 0.15) is 30.8 Å². The van der Waals surface area contributed by atoms with Crippen molar-refractivity contribution in [3.63, 3.8) is 0 Å². The van der Waals surface area contributed by atoms with E-state index >= 15 is 0 Å². The highest BCUT2D eigenvalue weighted by Gasteiger charge is 2.19. The third kappa shape index (κ3) is 4.80. The van der Waals surface area contributed by atoms with Crippen LogP contribution < -0.4 is 15.8 Å². The summed E-state index contributed by atoms with van der Waals surface area (Å²) in [6.07, 6.45) is 0. The van der Waals surface area contributed by atoms with Crippen LogP contribution in [0.5, 0.6) is 5.75 Å². The van der Waals surface area contributed by atoms with Gasteiger partial charge in [-0.3, -0.25) is 0 Å². The number of anilines is 1. The fourth-order valence-electron chi connectivity index (χ4n) is 1.70. The van der Waals surface area contributed by atoms with Crippen LogP contribution in [0.2, 0.25) is 5.02 Å². The highest BCUT2D eigenvalue weighted by molar-refractivity contribution is 7.11. The number of rotatable bonds is 4. The van der Waals surface area contributed by atoms with Crippen LogP contribution >= 0.6 is 22.9 Å². The van der Waals surface area contributed by atoms with Crippen molar-refractivity contribution in [1.82, 2.24) is 10.2 Å². The second kappa shape index (κ2) is 7.14. The van der Waals surface area contributed by atoms with E-state index in [0.717, 1.165) is 15.7 Å². The highest BCUT2D eigenvalue weighted by atomic mass is 35.5. The first-order valence-corrected chi connectivity index (χ1v) is 8.22. The van der Waals surface area contributed by atoms with Gasteiger partial charge in [-0.1, -0.05) is 43.7 Å². The average Bonchev–Trinajstić information content (AvgIpc) is 2.94. The predicted octanol–water partition coefficient (Wildman–Crippen LogP) is 3.42. The van der Waals surface area contributed by atoms with Gasteiger partial charge in [0.1, 0.15) is 15.8 Å². The summed E-state index contributed by atoms with van der Waals surface area (Å²) in [5.74, 6) is 0.898. The number of halogens is 1. The lowest BCUT2D eigenvalue weighted by atomic mass is 9.98. The molecule has 0 amide bonds. The molecule has 2 aromatic rings. The molecule has 0 aliphatic heterocycles. The molecule has 1 heterocycles. The molecule has 1 aromatic carbocycles. The number of nitrogens with two attached hydrogens (primary N) is 1. The van der Waals surface area contributed by atoms with Crippen LogP contribution in [-0.4, -0.2) is 23.3 Å². The molecule has 0 aliphatic rings. The van der Waals surface area contributed by atoms with Crippen molar-refractivity contribution in [3.05, 3.63) is 33.2 Å². The number of nitrogens with one attached hydrogen (secondary N) is 1. The zero-order valence-electron chi connectivity index (χ0n) is 13.6. The number of ether oxygens (including phenoxy) is 1. The third-order valence-corrected chi connectivity index (χ3v) is 4.55. The first-order valence-electron chi connectivity index (χ1n) is 7.03. The largest absolute Gasteiger partial charge is 0.495 e. The lowest BCUT2D eigenvalue weighted by Gasteiger charge is -2.12. The number of hydrogen-bond donors (Lipinski definition) is 2. The van der Waals surface area contributed by atoms with Crippen molar-refractivity contribution < 1.29 is 4.74 Å². The number of nitrogens with zero attached hydrogens (tertiary/aromatic N) is 3. The maximum absolute atomic E-state index is 6.07. The average molecular weight is 354 g/mol. The Labute approximate surface area is 144 Å². The Hall–Kier alpha value is -1.86. The summed E-state index contributed by atoms with van der Waals surface area (Å²) in [7, 11) is 1.57. The second-order valence-electron chi connectivity index (χ2n) is 5.93. The Bertz CT molecular complexity index is 708. The highest BCUT2D eigenvalue weighted by Crippen LogP contribution is 2.27. The zero-order chi connectivity index (χ0) is 17.0. The Morgan fingerprint density at radius 3 is 2.70 bits per heavy atom. The van der Waals surface area contributed by atoms with E-state index in [1.165, 1.54) is 0 Å². The third-order valence-electron chi connectivity index (χ3n) is 2.92. The summed E-state index contributed by atoms with van der Waals surface area (Å²) in [5.41, 5.74) is 6.62. The predicted molar refractivity (Wildman–Crippen MR) is 95.6 cm³/mol. The fraction of sp³-hybridized carbons (Fsp3) is 0.400. The van der Waals surface area contributed by atoms with Gasteiger partial charge in [0.05, 0.1) is 18.7 Å². The summed E-state index contributed by atoms with van der Waals surface area (Å²) in [6, 6.07) is 5.31. The minimum atomic E-state index is -0.0106. The SMILES string of the molecule is COc1ccc(NC(N)=NCc2nnc(C(C)(C)C)s2)cc1Cl. The number of methoxy groups -OCH3 is 1. The quantitative estimate of drug-likeness (QED) is 0.649. The first-order chi connectivity index (χ1) is 10.8. The van der Waals surface area contributed by atoms with Crippen molar-refractivity contribution in [2.45, 2.75) is 32.7 Å². The van der Waals surface area contributed by atoms with Gasteiger partial charge in [0.25, 0.3) is 0 Å². The Kier molecular flexibility index (Phi) is 5.43. The van der Waals surface area contributed by atoms with Gasteiger partial charge in [0, 0.05) is 11.1 Å². The van der Waals surface area contributed by atoms with Gasteiger partial charge in [-0.25, -0.2) is 4.99 Å². The van der Waals surface area contributed by atoms with Crippen LogP contribution in [0.4, 0.5) is 5.69 Å². The Morgan fingerprint density at radius 1 is 1.39 bits per heavy atom. The summed E-state index contributed by atoms with van der Waals surface area (Å²) in [6.45, 7) is 6.69. The normalized spacial score (nSPS) is 12.3. The maximum atomic E-state index is 6.07. The van der Waals surface area contributed by atoms with E-state index < -0.39 is 0 Å².